The number of carbonyl (C=O) groups is 1. The highest BCUT2D eigenvalue weighted by Gasteiger charge is 2.42. The van der Waals surface area contributed by atoms with E-state index in [-0.39, 0.29) is 17.7 Å². The molecule has 4 aromatic rings. The fourth-order valence-electron chi connectivity index (χ4n) is 4.36. The molecule has 2 N–H and O–H groups in total. The van der Waals surface area contributed by atoms with Crippen LogP contribution >= 0.6 is 27.5 Å². The molecule has 3 aromatic carbocycles. The van der Waals surface area contributed by atoms with Crippen molar-refractivity contribution in [2.45, 2.75) is 12.5 Å². The van der Waals surface area contributed by atoms with Crippen molar-refractivity contribution >= 4 is 33.4 Å². The summed E-state index contributed by atoms with van der Waals surface area (Å²) in [5, 5.41) is 18.3. The Balaban J connectivity index is 1.56. The Labute approximate surface area is 210 Å². The number of hydrogen-bond acceptors (Lipinski definition) is 4. The number of nitrogens with one attached hydrogen (secondary N) is 1. The summed E-state index contributed by atoms with van der Waals surface area (Å²) in [5.41, 5.74) is 4.22. The molecule has 5 rings (SSSR count). The van der Waals surface area contributed by atoms with Crippen LogP contribution in [0.1, 0.15) is 33.2 Å². The first-order valence-electron chi connectivity index (χ1n) is 10.7. The number of amides is 1. The summed E-state index contributed by atoms with van der Waals surface area (Å²) < 4.78 is 6.19. The predicted molar refractivity (Wildman–Crippen MR) is 134 cm³/mol. The largest absolute Gasteiger partial charge is 0.507 e. The summed E-state index contributed by atoms with van der Waals surface area (Å²) >= 11 is 9.70. The summed E-state index contributed by atoms with van der Waals surface area (Å²) in [6.07, 6.45) is 0.679. The average molecular weight is 539 g/mol. The molecule has 1 amide bonds. The molecule has 0 saturated heterocycles. The molecule has 0 aliphatic carbocycles. The lowest BCUT2D eigenvalue weighted by Crippen LogP contribution is -2.31. The molecule has 0 saturated carbocycles. The van der Waals surface area contributed by atoms with Crippen molar-refractivity contribution in [2.24, 2.45) is 0 Å². The Bertz CT molecular complexity index is 1350. The smallest absolute Gasteiger partial charge is 0.273 e. The molecule has 34 heavy (non-hydrogen) atoms. The van der Waals surface area contributed by atoms with Gasteiger partial charge < -0.3 is 14.7 Å². The number of fused-ring (bicyclic) bond motifs is 1. The summed E-state index contributed by atoms with van der Waals surface area (Å²) in [7, 11) is 1.64. The van der Waals surface area contributed by atoms with Gasteiger partial charge in [0.05, 0.1) is 13.2 Å². The number of phenols is 1. The minimum Gasteiger partial charge on any atom is -0.507 e. The van der Waals surface area contributed by atoms with Gasteiger partial charge >= 0.3 is 0 Å². The molecule has 8 heteroatoms. The summed E-state index contributed by atoms with van der Waals surface area (Å²) in [6, 6.07) is 20.2. The fourth-order valence-corrected chi connectivity index (χ4v) is 4.80. The number of hydrogen-bond donors (Lipinski definition) is 2. The number of nitrogens with zero attached hydrogens (tertiary/aromatic N) is 2. The van der Waals surface area contributed by atoms with E-state index in [0.29, 0.717) is 34.9 Å². The third kappa shape index (κ3) is 4.06. The molecule has 0 fully saturated rings. The first-order chi connectivity index (χ1) is 16.5. The van der Waals surface area contributed by atoms with E-state index in [1.165, 1.54) is 6.07 Å². The van der Waals surface area contributed by atoms with E-state index in [1.807, 2.05) is 53.4 Å². The monoisotopic (exact) mass is 537 g/mol. The van der Waals surface area contributed by atoms with E-state index >= 15 is 0 Å². The number of benzene rings is 3. The second kappa shape index (κ2) is 9.16. The Morgan fingerprint density at radius 1 is 1.12 bits per heavy atom. The first kappa shape index (κ1) is 22.5. The molecule has 0 spiro atoms. The number of phenolic OH excluding ortho intramolecular Hbond substituents is 1. The van der Waals surface area contributed by atoms with E-state index < -0.39 is 0 Å². The molecule has 6 nitrogen and oxygen atoms in total. The molecule has 1 aliphatic rings. The zero-order valence-corrected chi connectivity index (χ0v) is 20.6. The number of halogens is 2. The van der Waals surface area contributed by atoms with Gasteiger partial charge in [-0.15, -0.1) is 0 Å². The lowest BCUT2D eigenvalue weighted by atomic mass is 9.95. The van der Waals surface area contributed by atoms with Crippen LogP contribution in [0.25, 0.3) is 11.3 Å². The van der Waals surface area contributed by atoms with Crippen molar-refractivity contribution in [2.75, 3.05) is 13.7 Å². The van der Waals surface area contributed by atoms with Gasteiger partial charge in [0.2, 0.25) is 0 Å². The Hall–Kier alpha value is -3.29. The van der Waals surface area contributed by atoms with Crippen LogP contribution < -0.4 is 4.74 Å². The molecular weight excluding hydrogens is 518 g/mol. The standard InChI is InChI=1S/C26H21BrClN3O3/c1-34-19-9-2-15(3-10-19)12-13-31-25(16-4-6-17(27)7-5-16)22-23(29-30-24(22)26(31)33)20-14-18(28)8-11-21(20)32/h2-11,14,25,32H,12-13H2,1H3,(H,29,30). The number of H-pyrrole nitrogens is 1. The van der Waals surface area contributed by atoms with Crippen LogP contribution in [0.3, 0.4) is 0 Å². The summed E-state index contributed by atoms with van der Waals surface area (Å²) in [6.45, 7) is 0.509. The molecule has 2 heterocycles. The molecule has 0 bridgehead atoms. The summed E-state index contributed by atoms with van der Waals surface area (Å²) in [4.78, 5) is 15.4. The molecule has 1 aromatic heterocycles. The van der Waals surface area contributed by atoms with E-state index in [4.69, 9.17) is 16.3 Å². The number of methoxy groups -OCH3 is 1. The zero-order valence-electron chi connectivity index (χ0n) is 18.3. The Morgan fingerprint density at radius 2 is 1.85 bits per heavy atom. The van der Waals surface area contributed by atoms with Crippen LogP contribution in [0.5, 0.6) is 11.5 Å². The summed E-state index contributed by atoms with van der Waals surface area (Å²) in [5.74, 6) is 0.717. The van der Waals surface area contributed by atoms with Crippen molar-refractivity contribution in [1.29, 1.82) is 0 Å². The molecule has 172 valence electrons. The highest BCUT2D eigenvalue weighted by Crippen LogP contribution is 2.45. The quantitative estimate of drug-likeness (QED) is 0.316. The van der Waals surface area contributed by atoms with Gasteiger partial charge in [-0.05, 0) is 60.0 Å². The lowest BCUT2D eigenvalue weighted by molar-refractivity contribution is 0.0746. The van der Waals surface area contributed by atoms with Gasteiger partial charge in [-0.3, -0.25) is 9.89 Å². The third-order valence-electron chi connectivity index (χ3n) is 6.06. The highest BCUT2D eigenvalue weighted by atomic mass is 79.9. The zero-order chi connectivity index (χ0) is 23.8. The number of aromatic amines is 1. The van der Waals surface area contributed by atoms with Crippen molar-refractivity contribution in [1.82, 2.24) is 15.1 Å². The molecule has 0 radical (unpaired) electrons. The predicted octanol–water partition coefficient (Wildman–Crippen LogP) is 5.99. The van der Waals surface area contributed by atoms with Crippen LogP contribution in [0.2, 0.25) is 5.02 Å². The third-order valence-corrected chi connectivity index (χ3v) is 6.83. The van der Waals surface area contributed by atoms with Crippen molar-refractivity contribution in [3.8, 4) is 22.8 Å². The van der Waals surface area contributed by atoms with Gasteiger partial charge in [-0.1, -0.05) is 51.8 Å². The van der Waals surface area contributed by atoms with Crippen LogP contribution in [0.15, 0.2) is 71.2 Å². The second-order valence-corrected chi connectivity index (χ2v) is 9.43. The number of ether oxygens (including phenoxy) is 1. The fraction of sp³-hybridized carbons (Fsp3) is 0.154. The van der Waals surface area contributed by atoms with Crippen LogP contribution in [-0.4, -0.2) is 39.8 Å². The number of rotatable bonds is 6. The highest BCUT2D eigenvalue weighted by molar-refractivity contribution is 9.10. The van der Waals surface area contributed by atoms with Crippen molar-refractivity contribution in [3.63, 3.8) is 0 Å². The molecule has 1 aliphatic heterocycles. The molecule has 1 unspecified atom stereocenters. The van der Waals surface area contributed by atoms with E-state index in [9.17, 15) is 9.90 Å². The van der Waals surface area contributed by atoms with Crippen LogP contribution in [0.4, 0.5) is 0 Å². The van der Waals surface area contributed by atoms with Gasteiger partial charge in [0.25, 0.3) is 5.91 Å². The van der Waals surface area contributed by atoms with Crippen molar-refractivity contribution in [3.05, 3.63) is 98.6 Å². The number of carbonyl (C=O) groups excluding carboxylic acids is 1. The molecule has 1 atom stereocenters. The maximum atomic E-state index is 13.5. The first-order valence-corrected chi connectivity index (χ1v) is 11.9. The van der Waals surface area contributed by atoms with Crippen LogP contribution in [-0.2, 0) is 6.42 Å². The van der Waals surface area contributed by atoms with E-state index in [2.05, 4.69) is 26.1 Å². The van der Waals surface area contributed by atoms with Gasteiger partial charge in [-0.2, -0.15) is 5.10 Å². The maximum Gasteiger partial charge on any atom is 0.273 e. The van der Waals surface area contributed by atoms with E-state index in [0.717, 1.165) is 26.9 Å². The van der Waals surface area contributed by atoms with Gasteiger partial charge in [0.1, 0.15) is 22.9 Å². The molecular formula is C26H21BrClN3O3. The lowest BCUT2D eigenvalue weighted by Gasteiger charge is -2.26. The maximum absolute atomic E-state index is 13.5. The normalized spacial score (nSPS) is 15.0. The Kier molecular flexibility index (Phi) is 6.06. The minimum absolute atomic E-state index is 0.0531. The Morgan fingerprint density at radius 3 is 2.56 bits per heavy atom. The van der Waals surface area contributed by atoms with Crippen molar-refractivity contribution < 1.29 is 14.6 Å². The van der Waals surface area contributed by atoms with Gasteiger partial charge in [0, 0.05) is 27.2 Å². The topological polar surface area (TPSA) is 78.5 Å². The minimum atomic E-state index is -0.360. The second-order valence-electron chi connectivity index (χ2n) is 8.07. The number of aromatic hydroxyl groups is 1. The van der Waals surface area contributed by atoms with E-state index in [1.54, 1.807) is 19.2 Å². The van der Waals surface area contributed by atoms with Gasteiger partial charge in [-0.25, -0.2) is 0 Å². The average Bonchev–Trinajstić information content (AvgIpc) is 3.39. The van der Waals surface area contributed by atoms with Crippen LogP contribution in [0, 0.1) is 0 Å². The SMILES string of the molecule is COc1ccc(CCN2C(=O)c3[nH]nc(-c4cc(Cl)ccc4O)c3C2c2ccc(Br)cc2)cc1. The van der Waals surface area contributed by atoms with Gasteiger partial charge in [0.15, 0.2) is 0 Å². The number of aromatic nitrogens is 2.